The van der Waals surface area contributed by atoms with E-state index in [2.05, 4.69) is 10.3 Å². The normalized spacial score (nSPS) is 20.1. The number of nitrogens with one attached hydrogen (secondary N) is 1. The number of sulfone groups is 1. The van der Waals surface area contributed by atoms with E-state index in [4.69, 9.17) is 0 Å². The highest BCUT2D eigenvalue weighted by Gasteiger charge is 2.32. The van der Waals surface area contributed by atoms with Crippen LogP contribution in [0.3, 0.4) is 0 Å². The highest BCUT2D eigenvalue weighted by atomic mass is 32.2. The zero-order valence-electron chi connectivity index (χ0n) is 16.0. The SMILES string of the molecule is CCCn1c(S[C@@H](C)C(=O)N[C@@H]2CCS(=O)(=O)C2)nc2ccc(C(F)(F)F)cc21. The van der Waals surface area contributed by atoms with Crippen LogP contribution in [0.2, 0.25) is 0 Å². The predicted molar refractivity (Wildman–Crippen MR) is 106 cm³/mol. The van der Waals surface area contributed by atoms with Crippen molar-refractivity contribution in [3.8, 4) is 0 Å². The van der Waals surface area contributed by atoms with Gasteiger partial charge in [0.05, 0.1) is 33.4 Å². The summed E-state index contributed by atoms with van der Waals surface area (Å²) in [4.78, 5) is 16.9. The molecule has 11 heteroatoms. The highest BCUT2D eigenvalue weighted by Crippen LogP contribution is 2.34. The molecule has 1 saturated heterocycles. The van der Waals surface area contributed by atoms with E-state index in [-0.39, 0.29) is 17.4 Å². The minimum atomic E-state index is -4.45. The number of fused-ring (bicyclic) bond motifs is 1. The maximum absolute atomic E-state index is 13.1. The molecule has 1 aliphatic heterocycles. The summed E-state index contributed by atoms with van der Waals surface area (Å²) in [7, 11) is -3.10. The molecule has 2 aromatic rings. The van der Waals surface area contributed by atoms with Crippen molar-refractivity contribution in [1.82, 2.24) is 14.9 Å². The third-order valence-electron chi connectivity index (χ3n) is 4.72. The molecule has 29 heavy (non-hydrogen) atoms. The van der Waals surface area contributed by atoms with Gasteiger partial charge in [-0.15, -0.1) is 0 Å². The Labute approximate surface area is 171 Å². The smallest absolute Gasteiger partial charge is 0.351 e. The number of rotatable bonds is 6. The fraction of sp³-hybridized carbons (Fsp3) is 0.556. The van der Waals surface area contributed by atoms with E-state index in [9.17, 15) is 26.4 Å². The van der Waals surface area contributed by atoms with Gasteiger partial charge in [-0.2, -0.15) is 13.2 Å². The lowest BCUT2D eigenvalue weighted by Crippen LogP contribution is -2.40. The number of halogens is 3. The number of aryl methyl sites for hydroxylation is 1. The number of imidazole rings is 1. The van der Waals surface area contributed by atoms with E-state index in [1.165, 1.54) is 6.07 Å². The molecule has 2 heterocycles. The molecule has 2 atom stereocenters. The van der Waals surface area contributed by atoms with Crippen LogP contribution in [0.25, 0.3) is 11.0 Å². The molecule has 3 rings (SSSR count). The van der Waals surface area contributed by atoms with E-state index >= 15 is 0 Å². The first-order chi connectivity index (χ1) is 13.5. The van der Waals surface area contributed by atoms with Crippen molar-refractivity contribution in [1.29, 1.82) is 0 Å². The van der Waals surface area contributed by atoms with Gasteiger partial charge in [0.25, 0.3) is 0 Å². The number of amides is 1. The molecule has 0 radical (unpaired) electrons. The Morgan fingerprint density at radius 3 is 2.72 bits per heavy atom. The number of carbonyl (C=O) groups is 1. The fourth-order valence-corrected chi connectivity index (χ4v) is 5.88. The molecule has 160 valence electrons. The van der Waals surface area contributed by atoms with Gasteiger partial charge in [-0.3, -0.25) is 4.79 Å². The maximum Gasteiger partial charge on any atom is 0.416 e. The monoisotopic (exact) mass is 449 g/mol. The second kappa shape index (κ2) is 8.17. The fourth-order valence-electron chi connectivity index (χ4n) is 3.25. The van der Waals surface area contributed by atoms with Gasteiger partial charge >= 0.3 is 6.18 Å². The molecular weight excluding hydrogens is 427 g/mol. The first-order valence-corrected chi connectivity index (χ1v) is 11.9. The second-order valence-corrected chi connectivity index (χ2v) is 10.7. The minimum Gasteiger partial charge on any atom is -0.351 e. The lowest BCUT2D eigenvalue weighted by Gasteiger charge is -2.16. The van der Waals surface area contributed by atoms with Crippen LogP contribution in [0.5, 0.6) is 0 Å². The second-order valence-electron chi connectivity index (χ2n) is 7.12. The lowest BCUT2D eigenvalue weighted by atomic mass is 10.2. The van der Waals surface area contributed by atoms with Crippen LogP contribution >= 0.6 is 11.8 Å². The van der Waals surface area contributed by atoms with Gasteiger partial charge in [0, 0.05) is 12.6 Å². The van der Waals surface area contributed by atoms with Crippen molar-refractivity contribution in [2.45, 2.75) is 55.9 Å². The molecule has 0 aliphatic carbocycles. The Hall–Kier alpha value is -1.75. The van der Waals surface area contributed by atoms with Crippen molar-refractivity contribution >= 4 is 38.5 Å². The Morgan fingerprint density at radius 2 is 2.14 bits per heavy atom. The molecule has 1 aromatic heterocycles. The van der Waals surface area contributed by atoms with Crippen molar-refractivity contribution in [3.63, 3.8) is 0 Å². The third-order valence-corrected chi connectivity index (χ3v) is 7.58. The number of aromatic nitrogens is 2. The first-order valence-electron chi connectivity index (χ1n) is 9.25. The Morgan fingerprint density at radius 1 is 1.41 bits per heavy atom. The van der Waals surface area contributed by atoms with Crippen LogP contribution in [0, 0.1) is 0 Å². The number of carbonyl (C=O) groups excluding carboxylic acids is 1. The number of nitrogens with zero attached hydrogens (tertiary/aromatic N) is 2. The van der Waals surface area contributed by atoms with Crippen LogP contribution in [0.15, 0.2) is 23.4 Å². The summed E-state index contributed by atoms with van der Waals surface area (Å²) >= 11 is 1.15. The van der Waals surface area contributed by atoms with Gasteiger partial charge in [0.2, 0.25) is 5.91 Å². The molecule has 1 aromatic carbocycles. The van der Waals surface area contributed by atoms with E-state index in [1.807, 2.05) is 6.92 Å². The zero-order valence-corrected chi connectivity index (χ0v) is 17.6. The van der Waals surface area contributed by atoms with Crippen LogP contribution in [-0.2, 0) is 27.4 Å². The van der Waals surface area contributed by atoms with Gasteiger partial charge in [0.15, 0.2) is 15.0 Å². The highest BCUT2D eigenvalue weighted by molar-refractivity contribution is 8.00. The van der Waals surface area contributed by atoms with Gasteiger partial charge in [-0.05, 0) is 38.0 Å². The largest absolute Gasteiger partial charge is 0.416 e. The average molecular weight is 450 g/mol. The standard InChI is InChI=1S/C18H22F3N3O3S2/c1-3-7-24-15-9-12(18(19,20)21)4-5-14(15)23-17(24)28-11(2)16(25)22-13-6-8-29(26,27)10-13/h4-5,9,11,13H,3,6-8,10H2,1-2H3,(H,22,25)/t11-,13+/m0/s1. The van der Waals surface area contributed by atoms with Crippen molar-refractivity contribution in [2.75, 3.05) is 11.5 Å². The summed E-state index contributed by atoms with van der Waals surface area (Å²) in [6.45, 7) is 4.04. The minimum absolute atomic E-state index is 0.0628. The van der Waals surface area contributed by atoms with Crippen molar-refractivity contribution in [3.05, 3.63) is 23.8 Å². The lowest BCUT2D eigenvalue weighted by molar-refractivity contribution is -0.137. The van der Waals surface area contributed by atoms with Crippen molar-refractivity contribution < 1.29 is 26.4 Å². The van der Waals surface area contributed by atoms with Crippen LogP contribution in [-0.4, -0.2) is 46.7 Å². The predicted octanol–water partition coefficient (Wildman–Crippen LogP) is 3.25. The first kappa shape index (κ1) is 21.9. The third kappa shape index (κ3) is 5.06. The number of benzene rings is 1. The zero-order chi connectivity index (χ0) is 21.4. The molecule has 0 bridgehead atoms. The molecule has 0 spiro atoms. The summed E-state index contributed by atoms with van der Waals surface area (Å²) in [5.74, 6) is -0.318. The van der Waals surface area contributed by atoms with Gasteiger partial charge in [-0.1, -0.05) is 18.7 Å². The summed E-state index contributed by atoms with van der Waals surface area (Å²) in [6.07, 6.45) is -3.37. The summed E-state index contributed by atoms with van der Waals surface area (Å²) < 4.78 is 64.0. The van der Waals surface area contributed by atoms with E-state index in [1.54, 1.807) is 11.5 Å². The molecule has 6 nitrogen and oxygen atoms in total. The molecule has 1 fully saturated rings. The number of hydrogen-bond donors (Lipinski definition) is 1. The molecule has 1 N–H and O–H groups in total. The van der Waals surface area contributed by atoms with Crippen LogP contribution in [0.4, 0.5) is 13.2 Å². The van der Waals surface area contributed by atoms with Crippen LogP contribution < -0.4 is 5.32 Å². The van der Waals surface area contributed by atoms with E-state index in [0.717, 1.165) is 23.9 Å². The Kier molecular flexibility index (Phi) is 6.19. The number of alkyl halides is 3. The molecule has 1 amide bonds. The van der Waals surface area contributed by atoms with Gasteiger partial charge < -0.3 is 9.88 Å². The maximum atomic E-state index is 13.1. The van der Waals surface area contributed by atoms with E-state index in [0.29, 0.717) is 35.6 Å². The number of hydrogen-bond acceptors (Lipinski definition) is 5. The molecule has 0 saturated carbocycles. The summed E-state index contributed by atoms with van der Waals surface area (Å²) in [6, 6.07) is 3.01. The quantitative estimate of drug-likeness (QED) is 0.685. The number of thioether (sulfide) groups is 1. The summed E-state index contributed by atoms with van der Waals surface area (Å²) in [5.41, 5.74) is 0.0640. The Bertz CT molecular complexity index is 1020. The summed E-state index contributed by atoms with van der Waals surface area (Å²) in [5, 5.41) is 2.63. The van der Waals surface area contributed by atoms with Crippen LogP contribution in [0.1, 0.15) is 32.3 Å². The van der Waals surface area contributed by atoms with Gasteiger partial charge in [-0.25, -0.2) is 13.4 Å². The Balaban J connectivity index is 1.81. The van der Waals surface area contributed by atoms with Gasteiger partial charge in [0.1, 0.15) is 0 Å². The molecule has 0 unspecified atom stereocenters. The topological polar surface area (TPSA) is 81.1 Å². The molecule has 1 aliphatic rings. The van der Waals surface area contributed by atoms with Crippen molar-refractivity contribution in [2.24, 2.45) is 0 Å². The van der Waals surface area contributed by atoms with E-state index < -0.39 is 32.9 Å². The average Bonchev–Trinajstić information content (AvgIpc) is 3.13. The molecular formula is C18H22F3N3O3S2.